The Kier molecular flexibility index (Phi) is 12.1. The van der Waals surface area contributed by atoms with Crippen molar-refractivity contribution in [3.63, 3.8) is 0 Å². The molecular formula is C26H38N8O3. The number of unbranched alkanes of at least 4 members (excludes halogenated alkanes) is 1. The highest BCUT2D eigenvalue weighted by molar-refractivity contribution is 5.92. The molecule has 2 heterocycles. The van der Waals surface area contributed by atoms with Crippen molar-refractivity contribution < 1.29 is 14.1 Å². The number of carbonyl (C=O) groups excluding carboxylic acids is 2. The van der Waals surface area contributed by atoms with E-state index in [0.29, 0.717) is 49.1 Å². The van der Waals surface area contributed by atoms with Crippen LogP contribution in [-0.4, -0.2) is 83.6 Å². The number of hydrogen-bond donors (Lipinski definition) is 3. The molecule has 11 nitrogen and oxygen atoms in total. The largest absolute Gasteiger partial charge is 0.369 e. The van der Waals surface area contributed by atoms with E-state index in [2.05, 4.69) is 49.8 Å². The number of amides is 2. The van der Waals surface area contributed by atoms with Crippen molar-refractivity contribution in [3.05, 3.63) is 35.7 Å². The molecule has 1 atom stereocenters. The van der Waals surface area contributed by atoms with Gasteiger partial charge in [0.05, 0.1) is 17.5 Å². The van der Waals surface area contributed by atoms with E-state index in [1.807, 2.05) is 25.9 Å². The lowest BCUT2D eigenvalue weighted by Crippen LogP contribution is -2.45. The Balaban J connectivity index is 1.85. The Labute approximate surface area is 219 Å². The molecule has 0 aliphatic carbocycles. The molecule has 0 spiro atoms. The molecule has 37 heavy (non-hydrogen) atoms. The van der Waals surface area contributed by atoms with Gasteiger partial charge < -0.3 is 25.0 Å². The maximum atomic E-state index is 12.4. The monoisotopic (exact) mass is 510 g/mol. The van der Waals surface area contributed by atoms with Crippen molar-refractivity contribution in [2.75, 3.05) is 51.4 Å². The summed E-state index contributed by atoms with van der Waals surface area (Å²) in [5.74, 6) is 7.31. The average molecular weight is 511 g/mol. The highest BCUT2D eigenvalue weighted by Crippen LogP contribution is 2.17. The fraction of sp³-hybridized carbons (Fsp3) is 0.500. The van der Waals surface area contributed by atoms with Crippen molar-refractivity contribution in [1.29, 1.82) is 0 Å². The predicted octanol–water partition coefficient (Wildman–Crippen LogP) is 2.55. The van der Waals surface area contributed by atoms with Crippen LogP contribution in [0, 0.1) is 18.8 Å². The van der Waals surface area contributed by atoms with Crippen molar-refractivity contribution in [1.82, 2.24) is 30.2 Å². The number of nitrogens with zero attached hydrogens (tertiary/aromatic N) is 5. The molecule has 2 rings (SSSR count). The number of aromatic nitrogens is 3. The van der Waals surface area contributed by atoms with E-state index in [-0.39, 0.29) is 11.8 Å². The molecule has 0 bridgehead atoms. The first-order valence-electron chi connectivity index (χ1n) is 12.4. The molecule has 0 saturated carbocycles. The highest BCUT2D eigenvalue weighted by Gasteiger charge is 2.20. The van der Waals surface area contributed by atoms with Crippen LogP contribution in [0.5, 0.6) is 0 Å². The average Bonchev–Trinajstić information content (AvgIpc) is 3.28. The SMILES string of the molecule is CCCNc1nc(Nc2cc(C)no2)ncc1C#CCCCNC(=O)[C@H](C)N(C)C(=O)C=CCN(C)C. The van der Waals surface area contributed by atoms with E-state index in [1.54, 1.807) is 32.3 Å². The summed E-state index contributed by atoms with van der Waals surface area (Å²) in [6.07, 6.45) is 7.12. The van der Waals surface area contributed by atoms with Gasteiger partial charge in [-0.25, -0.2) is 4.98 Å². The van der Waals surface area contributed by atoms with Gasteiger partial charge in [-0.2, -0.15) is 4.98 Å². The van der Waals surface area contributed by atoms with Gasteiger partial charge in [-0.1, -0.05) is 30.0 Å². The Morgan fingerprint density at radius 2 is 2.03 bits per heavy atom. The number of anilines is 3. The lowest BCUT2D eigenvalue weighted by atomic mass is 10.2. The Hall–Kier alpha value is -3.91. The summed E-state index contributed by atoms with van der Waals surface area (Å²) in [6, 6.07) is 1.19. The van der Waals surface area contributed by atoms with Gasteiger partial charge in [0.25, 0.3) is 0 Å². The number of carbonyl (C=O) groups is 2. The second kappa shape index (κ2) is 15.3. The second-order valence-corrected chi connectivity index (χ2v) is 8.83. The maximum absolute atomic E-state index is 12.4. The van der Waals surface area contributed by atoms with Gasteiger partial charge in [-0.15, -0.1) is 0 Å². The molecule has 2 aromatic heterocycles. The van der Waals surface area contributed by atoms with E-state index in [1.165, 1.54) is 11.0 Å². The van der Waals surface area contributed by atoms with Crippen molar-refractivity contribution in [2.45, 2.75) is 46.1 Å². The van der Waals surface area contributed by atoms with Crippen LogP contribution in [0.2, 0.25) is 0 Å². The zero-order valence-electron chi connectivity index (χ0n) is 22.6. The van der Waals surface area contributed by atoms with Crippen LogP contribution in [0.25, 0.3) is 0 Å². The molecule has 2 aromatic rings. The summed E-state index contributed by atoms with van der Waals surface area (Å²) in [7, 11) is 5.47. The molecule has 0 saturated heterocycles. The minimum absolute atomic E-state index is 0.200. The lowest BCUT2D eigenvalue weighted by Gasteiger charge is -2.23. The first-order valence-corrected chi connectivity index (χ1v) is 12.4. The molecule has 0 aliphatic rings. The molecule has 3 N–H and O–H groups in total. The van der Waals surface area contributed by atoms with Crippen LogP contribution in [0.4, 0.5) is 17.7 Å². The van der Waals surface area contributed by atoms with Gasteiger partial charge in [-0.3, -0.25) is 14.9 Å². The normalized spacial score (nSPS) is 11.6. The minimum Gasteiger partial charge on any atom is -0.369 e. The van der Waals surface area contributed by atoms with E-state index < -0.39 is 6.04 Å². The number of rotatable bonds is 13. The quantitative estimate of drug-likeness (QED) is 0.211. The summed E-state index contributed by atoms with van der Waals surface area (Å²) in [4.78, 5) is 36.8. The van der Waals surface area contributed by atoms with Crippen molar-refractivity contribution >= 4 is 29.5 Å². The minimum atomic E-state index is -0.570. The van der Waals surface area contributed by atoms with Crippen molar-refractivity contribution in [3.8, 4) is 11.8 Å². The van der Waals surface area contributed by atoms with Crippen LogP contribution in [-0.2, 0) is 9.59 Å². The van der Waals surface area contributed by atoms with Crippen LogP contribution >= 0.6 is 0 Å². The van der Waals surface area contributed by atoms with Gasteiger partial charge in [0.2, 0.25) is 23.6 Å². The Bertz CT molecular complexity index is 1120. The molecule has 0 aliphatic heterocycles. The third kappa shape index (κ3) is 10.3. The number of nitrogens with one attached hydrogen (secondary N) is 3. The van der Waals surface area contributed by atoms with Crippen molar-refractivity contribution in [2.24, 2.45) is 0 Å². The van der Waals surface area contributed by atoms with Gasteiger partial charge in [-0.05, 0) is 40.8 Å². The summed E-state index contributed by atoms with van der Waals surface area (Å²) in [5.41, 5.74) is 1.45. The van der Waals surface area contributed by atoms with Crippen LogP contribution in [0.3, 0.4) is 0 Å². The zero-order chi connectivity index (χ0) is 27.2. The van der Waals surface area contributed by atoms with E-state index >= 15 is 0 Å². The summed E-state index contributed by atoms with van der Waals surface area (Å²) >= 11 is 0. The van der Waals surface area contributed by atoms with E-state index in [9.17, 15) is 9.59 Å². The van der Waals surface area contributed by atoms with Crippen LogP contribution in [0.15, 0.2) is 28.9 Å². The summed E-state index contributed by atoms with van der Waals surface area (Å²) in [5, 5.41) is 13.0. The summed E-state index contributed by atoms with van der Waals surface area (Å²) in [6.45, 7) is 7.49. The predicted molar refractivity (Wildman–Crippen MR) is 144 cm³/mol. The first kappa shape index (κ1) is 29.3. The standard InChI is InChI=1S/C26H38N8O3/c1-7-14-27-24-21(18-29-26(31-24)30-22-17-19(2)32-37-22)12-9-8-10-15-28-25(36)20(3)34(6)23(35)13-11-16-33(4)5/h11,13,17-18,20H,7-8,10,14-16H2,1-6H3,(H,28,36)(H2,27,29,30,31)/t20-/m0/s1. The second-order valence-electron chi connectivity index (χ2n) is 8.83. The zero-order valence-corrected chi connectivity index (χ0v) is 22.6. The fourth-order valence-electron chi connectivity index (χ4n) is 2.99. The molecule has 0 radical (unpaired) electrons. The van der Waals surface area contributed by atoms with Crippen LogP contribution in [0.1, 0.15) is 44.4 Å². The van der Waals surface area contributed by atoms with Gasteiger partial charge >= 0.3 is 0 Å². The molecular weight excluding hydrogens is 472 g/mol. The third-order valence-electron chi connectivity index (χ3n) is 5.23. The maximum Gasteiger partial charge on any atom is 0.246 e. The van der Waals surface area contributed by atoms with E-state index in [4.69, 9.17) is 4.52 Å². The molecule has 0 fully saturated rings. The fourth-order valence-corrected chi connectivity index (χ4v) is 2.99. The first-order chi connectivity index (χ1) is 17.7. The number of likely N-dealkylation sites (N-methyl/N-ethyl adjacent to an activating group) is 2. The molecule has 2 amide bonds. The Morgan fingerprint density at radius 1 is 1.24 bits per heavy atom. The molecule has 11 heteroatoms. The van der Waals surface area contributed by atoms with E-state index in [0.717, 1.165) is 18.7 Å². The number of hydrogen-bond acceptors (Lipinski definition) is 9. The van der Waals surface area contributed by atoms with Gasteiger partial charge in [0.15, 0.2) is 0 Å². The number of aryl methyl sites for hydroxylation is 1. The molecule has 0 unspecified atom stereocenters. The van der Waals surface area contributed by atoms with Gasteiger partial charge in [0, 0.05) is 45.2 Å². The summed E-state index contributed by atoms with van der Waals surface area (Å²) < 4.78 is 5.16. The topological polar surface area (TPSA) is 129 Å². The molecule has 200 valence electrons. The highest BCUT2D eigenvalue weighted by atomic mass is 16.5. The Morgan fingerprint density at radius 3 is 2.70 bits per heavy atom. The van der Waals surface area contributed by atoms with Gasteiger partial charge in [0.1, 0.15) is 11.9 Å². The smallest absolute Gasteiger partial charge is 0.246 e. The molecule has 0 aromatic carbocycles. The third-order valence-corrected chi connectivity index (χ3v) is 5.23. The van der Waals surface area contributed by atoms with Crippen LogP contribution < -0.4 is 16.0 Å². The lowest BCUT2D eigenvalue weighted by molar-refractivity contribution is -0.135.